The molecule has 19 heavy (non-hydrogen) atoms. The van der Waals surface area contributed by atoms with Crippen LogP contribution >= 0.6 is 0 Å². The molecule has 4 heteroatoms. The maximum atomic E-state index is 12.5. The van der Waals surface area contributed by atoms with Crippen molar-refractivity contribution in [2.75, 3.05) is 27.2 Å². The first-order valence-corrected chi connectivity index (χ1v) is 6.97. The van der Waals surface area contributed by atoms with E-state index in [0.717, 1.165) is 32.4 Å². The van der Waals surface area contributed by atoms with E-state index in [1.807, 2.05) is 31.3 Å². The van der Waals surface area contributed by atoms with Gasteiger partial charge in [-0.2, -0.15) is 0 Å². The van der Waals surface area contributed by atoms with Gasteiger partial charge in [0.1, 0.15) is 0 Å². The summed E-state index contributed by atoms with van der Waals surface area (Å²) in [4.78, 5) is 18.5. The molecule has 0 saturated heterocycles. The zero-order chi connectivity index (χ0) is 13.7. The number of hydrogen-bond acceptors (Lipinski definition) is 3. The number of hydrogen-bond donors (Lipinski definition) is 1. The summed E-state index contributed by atoms with van der Waals surface area (Å²) in [6, 6.07) is 3.99. The Morgan fingerprint density at radius 3 is 2.84 bits per heavy atom. The monoisotopic (exact) mass is 261 g/mol. The van der Waals surface area contributed by atoms with Gasteiger partial charge in [0.15, 0.2) is 0 Å². The Labute approximate surface area is 115 Å². The van der Waals surface area contributed by atoms with E-state index in [1.165, 1.54) is 12.0 Å². The van der Waals surface area contributed by atoms with Gasteiger partial charge in [0.05, 0.1) is 5.41 Å². The first-order chi connectivity index (χ1) is 9.18. The van der Waals surface area contributed by atoms with Gasteiger partial charge in [0, 0.05) is 32.5 Å². The zero-order valence-electron chi connectivity index (χ0n) is 11.9. The Hall–Kier alpha value is -1.42. The highest BCUT2D eigenvalue weighted by molar-refractivity contribution is 5.83. The molecule has 2 rings (SSSR count). The molecule has 0 radical (unpaired) electrons. The van der Waals surface area contributed by atoms with Gasteiger partial charge in [0.25, 0.3) is 0 Å². The predicted molar refractivity (Wildman–Crippen MR) is 75.8 cm³/mol. The second-order valence-electron chi connectivity index (χ2n) is 5.50. The topological polar surface area (TPSA) is 45.2 Å². The Morgan fingerprint density at radius 1 is 1.53 bits per heavy atom. The fraction of sp³-hybridized carbons (Fsp3) is 0.600. The summed E-state index contributed by atoms with van der Waals surface area (Å²) < 4.78 is 0. The number of likely N-dealkylation sites (N-methyl/N-ethyl adjacent to an activating group) is 1. The van der Waals surface area contributed by atoms with Gasteiger partial charge >= 0.3 is 0 Å². The molecule has 1 fully saturated rings. The number of nitrogens with zero attached hydrogens (tertiary/aromatic N) is 2. The lowest BCUT2D eigenvalue weighted by atomic mass is 9.67. The Bertz CT molecular complexity index is 415. The summed E-state index contributed by atoms with van der Waals surface area (Å²) >= 11 is 0. The molecule has 1 N–H and O–H groups in total. The van der Waals surface area contributed by atoms with Crippen LogP contribution in [0.25, 0.3) is 0 Å². The average molecular weight is 261 g/mol. The van der Waals surface area contributed by atoms with E-state index >= 15 is 0 Å². The molecule has 0 bridgehead atoms. The molecule has 1 aromatic rings. The van der Waals surface area contributed by atoms with Crippen molar-refractivity contribution in [3.63, 3.8) is 0 Å². The molecule has 1 heterocycles. The number of nitrogens with one attached hydrogen (secondary N) is 1. The summed E-state index contributed by atoms with van der Waals surface area (Å²) in [5.41, 5.74) is 1.04. The van der Waals surface area contributed by atoms with Crippen LogP contribution in [0.5, 0.6) is 0 Å². The second-order valence-corrected chi connectivity index (χ2v) is 5.50. The number of carbonyl (C=O) groups excluding carboxylic acids is 1. The van der Waals surface area contributed by atoms with E-state index in [-0.39, 0.29) is 11.3 Å². The molecular weight excluding hydrogens is 238 g/mol. The Morgan fingerprint density at radius 2 is 2.32 bits per heavy atom. The largest absolute Gasteiger partial charge is 0.345 e. The summed E-state index contributed by atoms with van der Waals surface area (Å²) in [5, 5.41) is 3.16. The number of pyridine rings is 1. The lowest BCUT2D eigenvalue weighted by Crippen LogP contribution is -2.51. The van der Waals surface area contributed by atoms with Crippen LogP contribution in [-0.2, 0) is 11.2 Å². The number of carbonyl (C=O) groups is 1. The standard InChI is InChI=1S/C15H23N3O/c1-16-12-15(7-4-8-15)14(19)18(2)10-6-13-5-3-9-17-11-13/h3,5,9,11,16H,4,6-8,10,12H2,1-2H3. The van der Waals surface area contributed by atoms with Crippen LogP contribution in [0.3, 0.4) is 0 Å². The molecule has 0 aromatic carbocycles. The summed E-state index contributed by atoms with van der Waals surface area (Å²) in [7, 11) is 3.83. The van der Waals surface area contributed by atoms with E-state index in [0.29, 0.717) is 0 Å². The van der Waals surface area contributed by atoms with Crippen molar-refractivity contribution in [3.05, 3.63) is 30.1 Å². The Kier molecular flexibility index (Phi) is 4.53. The van der Waals surface area contributed by atoms with Crippen LogP contribution in [0.2, 0.25) is 0 Å². The van der Waals surface area contributed by atoms with Gasteiger partial charge in [0.2, 0.25) is 5.91 Å². The predicted octanol–water partition coefficient (Wildman–Crippen LogP) is 1.47. The van der Waals surface area contributed by atoms with E-state index in [9.17, 15) is 4.79 Å². The number of aromatic nitrogens is 1. The van der Waals surface area contributed by atoms with Gasteiger partial charge < -0.3 is 10.2 Å². The molecule has 104 valence electrons. The number of rotatable bonds is 6. The van der Waals surface area contributed by atoms with Crippen LogP contribution in [0.1, 0.15) is 24.8 Å². The van der Waals surface area contributed by atoms with E-state index in [2.05, 4.69) is 16.4 Å². The molecule has 1 amide bonds. The molecule has 1 saturated carbocycles. The molecule has 1 aliphatic rings. The van der Waals surface area contributed by atoms with Gasteiger partial charge in [-0.25, -0.2) is 0 Å². The number of amides is 1. The van der Waals surface area contributed by atoms with Crippen molar-refractivity contribution in [2.24, 2.45) is 5.41 Å². The van der Waals surface area contributed by atoms with Crippen molar-refractivity contribution >= 4 is 5.91 Å². The quantitative estimate of drug-likeness (QED) is 0.843. The molecule has 0 unspecified atom stereocenters. The average Bonchev–Trinajstić information content (AvgIpc) is 2.40. The molecular formula is C15H23N3O. The lowest BCUT2D eigenvalue weighted by molar-refractivity contribution is -0.145. The summed E-state index contributed by atoms with van der Waals surface area (Å²) in [6.07, 6.45) is 7.71. The molecule has 4 nitrogen and oxygen atoms in total. The maximum absolute atomic E-state index is 12.5. The Balaban J connectivity index is 1.89. The highest BCUT2D eigenvalue weighted by Crippen LogP contribution is 2.41. The van der Waals surface area contributed by atoms with Crippen molar-refractivity contribution in [1.29, 1.82) is 0 Å². The van der Waals surface area contributed by atoms with Gasteiger partial charge in [-0.1, -0.05) is 12.5 Å². The summed E-state index contributed by atoms with van der Waals surface area (Å²) in [6.45, 7) is 1.55. The first kappa shape index (κ1) is 14.0. The fourth-order valence-electron chi connectivity index (χ4n) is 2.76. The van der Waals surface area contributed by atoms with Crippen LogP contribution in [-0.4, -0.2) is 43.0 Å². The van der Waals surface area contributed by atoms with Crippen LogP contribution < -0.4 is 5.32 Å². The zero-order valence-corrected chi connectivity index (χ0v) is 11.9. The maximum Gasteiger partial charge on any atom is 0.229 e. The normalized spacial score (nSPS) is 16.7. The third kappa shape index (κ3) is 3.13. The third-order valence-electron chi connectivity index (χ3n) is 4.08. The molecule has 0 spiro atoms. The first-order valence-electron chi connectivity index (χ1n) is 6.97. The molecule has 1 aromatic heterocycles. The minimum absolute atomic E-state index is 0.140. The van der Waals surface area contributed by atoms with E-state index in [1.54, 1.807) is 6.20 Å². The lowest BCUT2D eigenvalue weighted by Gasteiger charge is -2.42. The molecule has 1 aliphatic carbocycles. The fourth-order valence-corrected chi connectivity index (χ4v) is 2.76. The minimum Gasteiger partial charge on any atom is -0.345 e. The van der Waals surface area contributed by atoms with E-state index < -0.39 is 0 Å². The van der Waals surface area contributed by atoms with Crippen molar-refractivity contribution < 1.29 is 4.79 Å². The van der Waals surface area contributed by atoms with Crippen LogP contribution in [0.4, 0.5) is 0 Å². The molecule has 0 atom stereocenters. The summed E-state index contributed by atoms with van der Waals surface area (Å²) in [5.74, 6) is 0.289. The smallest absolute Gasteiger partial charge is 0.229 e. The van der Waals surface area contributed by atoms with Gasteiger partial charge in [-0.05, 0) is 37.9 Å². The van der Waals surface area contributed by atoms with Crippen LogP contribution in [0.15, 0.2) is 24.5 Å². The second kappa shape index (κ2) is 6.15. The van der Waals surface area contributed by atoms with Crippen molar-refractivity contribution in [3.8, 4) is 0 Å². The highest BCUT2D eigenvalue weighted by Gasteiger charge is 2.44. The van der Waals surface area contributed by atoms with Crippen molar-refractivity contribution in [2.45, 2.75) is 25.7 Å². The third-order valence-corrected chi connectivity index (χ3v) is 4.08. The van der Waals surface area contributed by atoms with Gasteiger partial charge in [-0.3, -0.25) is 9.78 Å². The van der Waals surface area contributed by atoms with Crippen molar-refractivity contribution in [1.82, 2.24) is 15.2 Å². The van der Waals surface area contributed by atoms with Crippen LogP contribution in [0, 0.1) is 5.41 Å². The van der Waals surface area contributed by atoms with Gasteiger partial charge in [-0.15, -0.1) is 0 Å². The molecule has 0 aliphatic heterocycles. The minimum atomic E-state index is -0.140. The SMILES string of the molecule is CNCC1(C(=O)N(C)CCc2cccnc2)CCC1. The van der Waals surface area contributed by atoms with E-state index in [4.69, 9.17) is 0 Å². The highest BCUT2D eigenvalue weighted by atomic mass is 16.2.